The van der Waals surface area contributed by atoms with Gasteiger partial charge in [-0.05, 0) is 81.8 Å². The standard InChI is InChI=1S/C55H46N4O/c1-54(2,3)38-29-30-56-50(31-38)59-48-28-16-25-44-51(48)52-45(55(44,4)5)33-41(34-49(52)59)60-40-22-14-21-39(32-40)57-35-58(47-27-13-12-26-46(47)57)53-42(36-17-8-6-9-18-36)23-15-24-43(53)37-19-10-7-11-20-37/h6-34H,35H2,1-5H3. The summed E-state index contributed by atoms with van der Waals surface area (Å²) in [6.07, 6.45) is 1.94. The highest BCUT2D eigenvalue weighted by molar-refractivity contribution is 6.16. The topological polar surface area (TPSA) is 33.5 Å². The Balaban J connectivity index is 1.01. The minimum absolute atomic E-state index is 0.00648. The molecule has 0 amide bonds. The lowest BCUT2D eigenvalue weighted by Crippen LogP contribution is -2.25. The van der Waals surface area contributed by atoms with Gasteiger partial charge in [0, 0.05) is 51.3 Å². The largest absolute Gasteiger partial charge is 0.457 e. The van der Waals surface area contributed by atoms with E-state index in [4.69, 9.17) is 9.72 Å². The SMILES string of the molecule is CC(C)(C)c1ccnc(-n2c3cccc4c3c3c(cc(Oc5cccc(N6CN(c7c(-c8ccccc8)cccc7-c7ccccc7)c7ccccc76)c5)cc32)C4(C)C)c1. The number of aromatic nitrogens is 2. The van der Waals surface area contributed by atoms with Crippen LogP contribution in [-0.2, 0) is 10.8 Å². The van der Waals surface area contributed by atoms with Crippen LogP contribution in [0.5, 0.6) is 11.5 Å². The Morgan fingerprint density at radius 2 is 1.18 bits per heavy atom. The lowest BCUT2D eigenvalue weighted by molar-refractivity contribution is 0.481. The predicted molar refractivity (Wildman–Crippen MR) is 249 cm³/mol. The smallest absolute Gasteiger partial charge is 0.137 e. The van der Waals surface area contributed by atoms with Gasteiger partial charge in [0.1, 0.15) is 24.0 Å². The van der Waals surface area contributed by atoms with Crippen molar-refractivity contribution in [2.24, 2.45) is 0 Å². The van der Waals surface area contributed by atoms with Crippen molar-refractivity contribution in [1.82, 2.24) is 9.55 Å². The molecule has 5 heteroatoms. The molecule has 292 valence electrons. The molecule has 0 spiro atoms. The zero-order valence-electron chi connectivity index (χ0n) is 34.6. The third-order valence-corrected chi connectivity index (χ3v) is 12.6. The molecular weight excluding hydrogens is 733 g/mol. The number of para-hydroxylation sites is 3. The molecule has 2 aliphatic rings. The molecule has 9 aromatic rings. The molecule has 0 fully saturated rings. The van der Waals surface area contributed by atoms with Crippen molar-refractivity contribution in [3.63, 3.8) is 0 Å². The van der Waals surface area contributed by atoms with Gasteiger partial charge in [-0.2, -0.15) is 0 Å². The second-order valence-corrected chi connectivity index (χ2v) is 17.7. The van der Waals surface area contributed by atoms with Gasteiger partial charge in [0.15, 0.2) is 0 Å². The lowest BCUT2D eigenvalue weighted by Gasteiger charge is -2.27. The van der Waals surface area contributed by atoms with Gasteiger partial charge < -0.3 is 14.5 Å². The van der Waals surface area contributed by atoms with E-state index < -0.39 is 0 Å². The maximum atomic E-state index is 6.95. The number of anilines is 4. The number of nitrogens with zero attached hydrogens (tertiary/aromatic N) is 4. The third kappa shape index (κ3) is 5.64. The zero-order chi connectivity index (χ0) is 40.8. The molecule has 0 atom stereocenters. The van der Waals surface area contributed by atoms with Crippen molar-refractivity contribution in [2.75, 3.05) is 16.5 Å². The molecule has 1 aliphatic heterocycles. The second kappa shape index (κ2) is 13.5. The maximum absolute atomic E-state index is 6.95. The van der Waals surface area contributed by atoms with Crippen LogP contribution in [0.4, 0.5) is 22.7 Å². The number of hydrogen-bond acceptors (Lipinski definition) is 4. The minimum atomic E-state index is -0.180. The van der Waals surface area contributed by atoms with E-state index in [2.05, 4.69) is 219 Å². The molecule has 0 bridgehead atoms. The molecule has 0 saturated heterocycles. The van der Waals surface area contributed by atoms with Crippen LogP contribution >= 0.6 is 0 Å². The van der Waals surface area contributed by atoms with Crippen molar-refractivity contribution in [1.29, 1.82) is 0 Å². The van der Waals surface area contributed by atoms with Crippen LogP contribution in [0.25, 0.3) is 49.9 Å². The molecule has 2 aromatic heterocycles. The van der Waals surface area contributed by atoms with E-state index in [0.717, 1.165) is 39.9 Å². The molecule has 7 aromatic carbocycles. The summed E-state index contributed by atoms with van der Waals surface area (Å²) >= 11 is 0. The van der Waals surface area contributed by atoms with Gasteiger partial charge in [-0.15, -0.1) is 0 Å². The van der Waals surface area contributed by atoms with E-state index in [0.29, 0.717) is 6.67 Å². The molecule has 60 heavy (non-hydrogen) atoms. The first kappa shape index (κ1) is 36.0. The fourth-order valence-electron chi connectivity index (χ4n) is 9.64. The van der Waals surface area contributed by atoms with E-state index in [9.17, 15) is 0 Å². The Morgan fingerprint density at radius 3 is 1.88 bits per heavy atom. The van der Waals surface area contributed by atoms with E-state index in [-0.39, 0.29) is 10.8 Å². The van der Waals surface area contributed by atoms with Crippen LogP contribution in [0.3, 0.4) is 0 Å². The summed E-state index contributed by atoms with van der Waals surface area (Å²) < 4.78 is 9.28. The maximum Gasteiger partial charge on any atom is 0.137 e. The number of hydrogen-bond donors (Lipinski definition) is 0. The average molecular weight is 779 g/mol. The molecular formula is C55H46N4O. The first-order chi connectivity index (χ1) is 29.1. The van der Waals surface area contributed by atoms with Crippen LogP contribution in [-0.4, -0.2) is 16.2 Å². The number of pyridine rings is 1. The summed E-state index contributed by atoms with van der Waals surface area (Å²) in [6.45, 7) is 12.1. The summed E-state index contributed by atoms with van der Waals surface area (Å²) in [5, 5.41) is 2.60. The predicted octanol–water partition coefficient (Wildman–Crippen LogP) is 14.5. The Kier molecular flexibility index (Phi) is 8.08. The molecule has 3 heterocycles. The Labute approximate surface area is 351 Å². The van der Waals surface area contributed by atoms with Gasteiger partial charge in [-0.1, -0.05) is 144 Å². The molecule has 0 unspecified atom stereocenters. The molecule has 0 N–H and O–H groups in total. The van der Waals surface area contributed by atoms with Crippen LogP contribution in [0.15, 0.2) is 176 Å². The Morgan fingerprint density at radius 1 is 0.550 bits per heavy atom. The van der Waals surface area contributed by atoms with E-state index in [1.807, 2.05) is 6.20 Å². The van der Waals surface area contributed by atoms with Crippen LogP contribution in [0.1, 0.15) is 51.3 Å². The van der Waals surface area contributed by atoms with Crippen molar-refractivity contribution in [3.8, 4) is 39.6 Å². The minimum Gasteiger partial charge on any atom is -0.457 e. The third-order valence-electron chi connectivity index (χ3n) is 12.6. The van der Waals surface area contributed by atoms with Crippen molar-refractivity contribution < 1.29 is 4.74 Å². The number of fused-ring (bicyclic) bond motifs is 1. The second-order valence-electron chi connectivity index (χ2n) is 17.7. The van der Waals surface area contributed by atoms with Crippen molar-refractivity contribution >= 4 is 44.6 Å². The van der Waals surface area contributed by atoms with Crippen LogP contribution < -0.4 is 14.5 Å². The fraction of sp³-hybridized carbons (Fsp3) is 0.145. The fourth-order valence-corrected chi connectivity index (χ4v) is 9.64. The molecule has 0 saturated carbocycles. The van der Waals surface area contributed by atoms with Crippen LogP contribution in [0.2, 0.25) is 0 Å². The number of rotatable bonds is 7. The Bertz CT molecular complexity index is 3060. The summed E-state index contributed by atoms with van der Waals surface area (Å²) in [7, 11) is 0. The summed E-state index contributed by atoms with van der Waals surface area (Å²) in [4.78, 5) is 9.83. The highest BCUT2D eigenvalue weighted by Crippen LogP contribution is 2.53. The summed E-state index contributed by atoms with van der Waals surface area (Å²) in [5.41, 5.74) is 15.3. The van der Waals surface area contributed by atoms with Gasteiger partial charge in [-0.25, -0.2) is 4.98 Å². The lowest BCUT2D eigenvalue weighted by atomic mass is 9.81. The molecule has 11 rings (SSSR count). The molecule has 0 radical (unpaired) electrons. The van der Waals surface area contributed by atoms with Crippen LogP contribution in [0, 0.1) is 0 Å². The summed E-state index contributed by atoms with van der Waals surface area (Å²) in [6, 6.07) is 61.0. The number of ether oxygens (including phenoxy) is 1. The van der Waals surface area contributed by atoms with E-state index in [1.54, 1.807) is 0 Å². The van der Waals surface area contributed by atoms with Gasteiger partial charge in [0.05, 0.1) is 28.1 Å². The van der Waals surface area contributed by atoms with Crippen molar-refractivity contribution in [2.45, 2.75) is 45.4 Å². The van der Waals surface area contributed by atoms with E-state index >= 15 is 0 Å². The first-order valence-corrected chi connectivity index (χ1v) is 20.9. The van der Waals surface area contributed by atoms with E-state index in [1.165, 1.54) is 60.9 Å². The average Bonchev–Trinajstić information content (AvgIpc) is 3.90. The molecule has 1 aliphatic carbocycles. The van der Waals surface area contributed by atoms with Gasteiger partial charge in [0.2, 0.25) is 0 Å². The van der Waals surface area contributed by atoms with Gasteiger partial charge >= 0.3 is 0 Å². The zero-order valence-corrected chi connectivity index (χ0v) is 34.6. The normalized spacial score (nSPS) is 14.1. The van der Waals surface area contributed by atoms with Crippen molar-refractivity contribution in [3.05, 3.63) is 193 Å². The summed E-state index contributed by atoms with van der Waals surface area (Å²) in [5.74, 6) is 2.52. The number of benzene rings is 7. The molecule has 5 nitrogen and oxygen atoms in total. The van der Waals surface area contributed by atoms with Gasteiger partial charge in [-0.3, -0.25) is 4.57 Å². The van der Waals surface area contributed by atoms with Gasteiger partial charge in [0.25, 0.3) is 0 Å². The monoisotopic (exact) mass is 778 g/mol. The Hall–Kier alpha value is -7.11. The highest BCUT2D eigenvalue weighted by atomic mass is 16.5. The highest BCUT2D eigenvalue weighted by Gasteiger charge is 2.37. The first-order valence-electron chi connectivity index (χ1n) is 20.9. The quantitative estimate of drug-likeness (QED) is 0.161.